The zero-order valence-corrected chi connectivity index (χ0v) is 14.0. The molecule has 0 atom stereocenters. The summed E-state index contributed by atoms with van der Waals surface area (Å²) in [6, 6.07) is 8.29. The second-order valence-electron chi connectivity index (χ2n) is 5.07. The number of allylic oxidation sites excluding steroid dienone is 1. The highest BCUT2D eigenvalue weighted by atomic mass is 35.5. The van der Waals surface area contributed by atoms with Crippen molar-refractivity contribution >= 4 is 40.4 Å². The SMILES string of the molecule is O=C(O)/C(=C/C(=O)c1ccc(Cl)cc1)Nc1ccc([N+](=O)[O-])cc1[N+](=O)[O-]. The van der Waals surface area contributed by atoms with E-state index < -0.39 is 38.7 Å². The molecule has 2 aromatic rings. The van der Waals surface area contributed by atoms with E-state index in [0.29, 0.717) is 11.1 Å². The Bertz CT molecular complexity index is 970. The Hall–Kier alpha value is -3.79. The highest BCUT2D eigenvalue weighted by molar-refractivity contribution is 6.30. The highest BCUT2D eigenvalue weighted by Crippen LogP contribution is 2.30. The van der Waals surface area contributed by atoms with E-state index in [1.165, 1.54) is 24.3 Å². The van der Waals surface area contributed by atoms with E-state index in [1.54, 1.807) is 0 Å². The van der Waals surface area contributed by atoms with Crippen molar-refractivity contribution in [2.75, 3.05) is 5.32 Å². The Balaban J connectivity index is 2.40. The third kappa shape index (κ3) is 4.86. The van der Waals surface area contributed by atoms with Crippen LogP contribution in [-0.4, -0.2) is 26.7 Å². The van der Waals surface area contributed by atoms with Crippen molar-refractivity contribution in [2.45, 2.75) is 0 Å². The molecular weight excluding hydrogens is 382 g/mol. The highest BCUT2D eigenvalue weighted by Gasteiger charge is 2.22. The van der Waals surface area contributed by atoms with E-state index in [4.69, 9.17) is 11.6 Å². The molecule has 0 heterocycles. The molecule has 0 fully saturated rings. The third-order valence-corrected chi connectivity index (χ3v) is 3.54. The van der Waals surface area contributed by atoms with E-state index in [-0.39, 0.29) is 11.3 Å². The summed E-state index contributed by atoms with van der Waals surface area (Å²) < 4.78 is 0. The van der Waals surface area contributed by atoms with Gasteiger partial charge in [0.2, 0.25) is 0 Å². The maximum absolute atomic E-state index is 12.2. The number of nitrogens with one attached hydrogen (secondary N) is 1. The van der Waals surface area contributed by atoms with Crippen LogP contribution < -0.4 is 5.32 Å². The monoisotopic (exact) mass is 391 g/mol. The molecule has 0 aromatic heterocycles. The molecule has 0 aliphatic heterocycles. The molecular formula is C16H10ClN3O7. The fraction of sp³-hybridized carbons (Fsp3) is 0. The number of halogens is 1. The maximum Gasteiger partial charge on any atom is 0.352 e. The number of anilines is 1. The van der Waals surface area contributed by atoms with Gasteiger partial charge in [0, 0.05) is 22.7 Å². The van der Waals surface area contributed by atoms with Crippen LogP contribution in [0.2, 0.25) is 5.02 Å². The van der Waals surface area contributed by atoms with Gasteiger partial charge in [-0.2, -0.15) is 0 Å². The van der Waals surface area contributed by atoms with Gasteiger partial charge in [0.25, 0.3) is 11.4 Å². The van der Waals surface area contributed by atoms with Crippen LogP contribution in [0.15, 0.2) is 54.2 Å². The van der Waals surface area contributed by atoms with Crippen LogP contribution >= 0.6 is 11.6 Å². The van der Waals surface area contributed by atoms with Crippen molar-refractivity contribution in [3.63, 3.8) is 0 Å². The first-order chi connectivity index (χ1) is 12.7. The molecule has 0 aliphatic carbocycles. The van der Waals surface area contributed by atoms with Crippen molar-refractivity contribution in [1.29, 1.82) is 0 Å². The van der Waals surface area contributed by atoms with Gasteiger partial charge < -0.3 is 10.4 Å². The van der Waals surface area contributed by atoms with E-state index in [9.17, 15) is 34.9 Å². The van der Waals surface area contributed by atoms with Crippen molar-refractivity contribution in [2.24, 2.45) is 0 Å². The molecule has 0 saturated carbocycles. The Labute approximate surface area is 156 Å². The minimum Gasteiger partial charge on any atom is -0.477 e. The van der Waals surface area contributed by atoms with Crippen LogP contribution in [0.1, 0.15) is 10.4 Å². The number of carboxylic acids is 1. The van der Waals surface area contributed by atoms with E-state index >= 15 is 0 Å². The van der Waals surface area contributed by atoms with Gasteiger partial charge in [0.15, 0.2) is 5.78 Å². The molecule has 0 amide bonds. The lowest BCUT2D eigenvalue weighted by atomic mass is 10.1. The number of nitro groups is 2. The number of benzene rings is 2. The molecule has 0 radical (unpaired) electrons. The lowest BCUT2D eigenvalue weighted by molar-refractivity contribution is -0.393. The molecule has 0 spiro atoms. The number of nitro benzene ring substituents is 2. The molecule has 0 unspecified atom stereocenters. The molecule has 0 bridgehead atoms. The number of aliphatic carboxylic acids is 1. The van der Waals surface area contributed by atoms with Gasteiger partial charge in [-0.3, -0.25) is 25.0 Å². The van der Waals surface area contributed by atoms with Gasteiger partial charge in [0.05, 0.1) is 15.9 Å². The molecule has 10 nitrogen and oxygen atoms in total. The molecule has 11 heteroatoms. The van der Waals surface area contributed by atoms with E-state index in [1.807, 2.05) is 0 Å². The average Bonchev–Trinajstić information content (AvgIpc) is 2.61. The van der Waals surface area contributed by atoms with Gasteiger partial charge >= 0.3 is 5.97 Å². The fourth-order valence-electron chi connectivity index (χ4n) is 2.02. The first kappa shape index (κ1) is 19.5. The fourth-order valence-corrected chi connectivity index (χ4v) is 2.14. The minimum absolute atomic E-state index is 0.151. The standard InChI is InChI=1S/C16H10ClN3O7/c17-10-3-1-9(2-4-10)15(21)8-13(16(22)23)18-12-6-5-11(19(24)25)7-14(12)20(26)27/h1-8,18H,(H,22,23)/b13-8-. The second-order valence-corrected chi connectivity index (χ2v) is 5.51. The average molecular weight is 392 g/mol. The van der Waals surface area contributed by atoms with Gasteiger partial charge in [0.1, 0.15) is 11.4 Å². The van der Waals surface area contributed by atoms with Gasteiger partial charge in [-0.1, -0.05) is 11.6 Å². The van der Waals surface area contributed by atoms with Crippen LogP contribution in [0.25, 0.3) is 0 Å². The number of non-ortho nitro benzene ring substituents is 1. The normalized spacial score (nSPS) is 10.9. The molecule has 2 N–H and O–H groups in total. The number of carbonyl (C=O) groups excluding carboxylic acids is 1. The lowest BCUT2D eigenvalue weighted by Crippen LogP contribution is -2.14. The Morgan fingerprint density at radius 3 is 2.19 bits per heavy atom. The summed E-state index contributed by atoms with van der Waals surface area (Å²) in [5.41, 5.74) is -2.06. The van der Waals surface area contributed by atoms with Gasteiger partial charge in [-0.15, -0.1) is 0 Å². The number of hydrogen-bond donors (Lipinski definition) is 2. The van der Waals surface area contributed by atoms with Crippen LogP contribution in [0.5, 0.6) is 0 Å². The first-order valence-electron chi connectivity index (χ1n) is 7.14. The topological polar surface area (TPSA) is 153 Å². The Morgan fingerprint density at radius 2 is 1.67 bits per heavy atom. The first-order valence-corrected chi connectivity index (χ1v) is 7.51. The molecule has 2 aromatic carbocycles. The number of carbonyl (C=O) groups is 2. The lowest BCUT2D eigenvalue weighted by Gasteiger charge is -2.08. The number of hydrogen-bond acceptors (Lipinski definition) is 7. The van der Waals surface area contributed by atoms with Crippen LogP contribution in [0.3, 0.4) is 0 Å². The number of carboxylic acid groups (broad SMARTS) is 1. The van der Waals surface area contributed by atoms with Crippen LogP contribution in [0.4, 0.5) is 17.1 Å². The van der Waals surface area contributed by atoms with Crippen LogP contribution in [-0.2, 0) is 4.79 Å². The predicted octanol–water partition coefficient (Wildman–Crippen LogP) is 3.42. The maximum atomic E-state index is 12.2. The zero-order valence-electron chi connectivity index (χ0n) is 13.3. The molecule has 0 aliphatic rings. The summed E-state index contributed by atoms with van der Waals surface area (Å²) >= 11 is 5.72. The van der Waals surface area contributed by atoms with Crippen LogP contribution in [0, 0.1) is 20.2 Å². The summed E-state index contributed by atoms with van der Waals surface area (Å²) in [4.78, 5) is 43.7. The minimum atomic E-state index is -1.55. The molecule has 2 rings (SSSR count). The largest absolute Gasteiger partial charge is 0.477 e. The molecule has 27 heavy (non-hydrogen) atoms. The number of rotatable bonds is 7. The number of nitrogens with zero attached hydrogens (tertiary/aromatic N) is 2. The Kier molecular flexibility index (Phi) is 5.83. The summed E-state index contributed by atoms with van der Waals surface area (Å²) in [6.07, 6.45) is 0.747. The van der Waals surface area contributed by atoms with Gasteiger partial charge in [-0.05, 0) is 30.3 Å². The predicted molar refractivity (Wildman–Crippen MR) is 94.9 cm³/mol. The van der Waals surface area contributed by atoms with Crippen molar-refractivity contribution in [1.82, 2.24) is 0 Å². The number of ketones is 1. The quantitative estimate of drug-likeness (QED) is 0.315. The smallest absolute Gasteiger partial charge is 0.352 e. The van der Waals surface area contributed by atoms with E-state index in [2.05, 4.69) is 5.32 Å². The Morgan fingerprint density at radius 1 is 1.04 bits per heavy atom. The zero-order chi connectivity index (χ0) is 20.1. The van der Waals surface area contributed by atoms with Crippen molar-refractivity contribution < 1.29 is 24.5 Å². The molecule has 138 valence electrons. The summed E-state index contributed by atoms with van der Waals surface area (Å²) in [6.45, 7) is 0. The summed E-state index contributed by atoms with van der Waals surface area (Å²) in [5.74, 6) is -2.23. The molecule has 0 saturated heterocycles. The third-order valence-electron chi connectivity index (χ3n) is 3.29. The summed E-state index contributed by atoms with van der Waals surface area (Å²) in [7, 11) is 0. The van der Waals surface area contributed by atoms with E-state index in [0.717, 1.165) is 18.2 Å². The van der Waals surface area contributed by atoms with Gasteiger partial charge in [-0.25, -0.2) is 4.79 Å². The van der Waals surface area contributed by atoms with Crippen molar-refractivity contribution in [3.8, 4) is 0 Å². The second kappa shape index (κ2) is 8.06. The van der Waals surface area contributed by atoms with Crippen molar-refractivity contribution in [3.05, 3.63) is 85.1 Å². The summed E-state index contributed by atoms with van der Waals surface area (Å²) in [5, 5.41) is 33.8.